The molecular weight excluding hydrogens is 374 g/mol. The number of benzene rings is 2. The Morgan fingerprint density at radius 3 is 2.30 bits per heavy atom. The van der Waals surface area contributed by atoms with Crippen molar-refractivity contribution >= 4 is 22.6 Å². The SMILES string of the molecule is Cn1cccc1CN(C(=O)CN(C(=O)c1cccc2ccccc12)C1CC1)C1CC1. The fourth-order valence-electron chi connectivity index (χ4n) is 4.20. The lowest BCUT2D eigenvalue weighted by atomic mass is 10.0. The maximum atomic E-state index is 13.5. The third-order valence-electron chi connectivity index (χ3n) is 6.27. The Morgan fingerprint density at radius 1 is 0.900 bits per heavy atom. The molecule has 0 aliphatic heterocycles. The fraction of sp³-hybridized carbons (Fsp3) is 0.360. The second kappa shape index (κ2) is 7.63. The van der Waals surface area contributed by atoms with E-state index in [9.17, 15) is 9.59 Å². The van der Waals surface area contributed by atoms with Gasteiger partial charge in [-0.1, -0.05) is 36.4 Å². The third kappa shape index (κ3) is 3.72. The van der Waals surface area contributed by atoms with Crippen molar-refractivity contribution < 1.29 is 9.59 Å². The van der Waals surface area contributed by atoms with Crippen LogP contribution in [0.3, 0.4) is 0 Å². The average Bonchev–Trinajstić information content (AvgIpc) is 3.68. The van der Waals surface area contributed by atoms with Crippen molar-refractivity contribution in [2.45, 2.75) is 44.3 Å². The molecule has 0 N–H and O–H groups in total. The molecule has 154 valence electrons. The van der Waals surface area contributed by atoms with Crippen molar-refractivity contribution in [2.75, 3.05) is 6.54 Å². The normalized spacial score (nSPS) is 15.9. The number of hydrogen-bond donors (Lipinski definition) is 0. The van der Waals surface area contributed by atoms with Crippen molar-refractivity contribution in [1.29, 1.82) is 0 Å². The predicted octanol–water partition coefficient (Wildman–Crippen LogP) is 3.97. The second-order valence-corrected chi connectivity index (χ2v) is 8.55. The lowest BCUT2D eigenvalue weighted by Crippen LogP contribution is -2.44. The summed E-state index contributed by atoms with van der Waals surface area (Å²) in [6, 6.07) is 18.3. The molecule has 0 radical (unpaired) electrons. The van der Waals surface area contributed by atoms with Crippen LogP contribution in [0.2, 0.25) is 0 Å². The largest absolute Gasteiger partial charge is 0.353 e. The first-order valence-corrected chi connectivity index (χ1v) is 10.8. The van der Waals surface area contributed by atoms with Gasteiger partial charge in [0.1, 0.15) is 6.54 Å². The van der Waals surface area contributed by atoms with E-state index in [-0.39, 0.29) is 24.4 Å². The topological polar surface area (TPSA) is 45.6 Å². The maximum absolute atomic E-state index is 13.5. The van der Waals surface area contributed by atoms with E-state index in [2.05, 4.69) is 10.6 Å². The number of amides is 2. The highest BCUT2D eigenvalue weighted by molar-refractivity contribution is 6.08. The van der Waals surface area contributed by atoms with Crippen LogP contribution in [0.5, 0.6) is 0 Å². The van der Waals surface area contributed by atoms with E-state index in [1.54, 1.807) is 0 Å². The molecule has 0 spiro atoms. The van der Waals surface area contributed by atoms with Crippen molar-refractivity contribution in [3.63, 3.8) is 0 Å². The molecule has 1 aromatic heterocycles. The zero-order valence-corrected chi connectivity index (χ0v) is 17.3. The van der Waals surface area contributed by atoms with Gasteiger partial charge in [0.25, 0.3) is 5.91 Å². The van der Waals surface area contributed by atoms with Crippen molar-refractivity contribution in [2.24, 2.45) is 7.05 Å². The second-order valence-electron chi connectivity index (χ2n) is 8.55. The summed E-state index contributed by atoms with van der Waals surface area (Å²) in [6.07, 6.45) is 6.06. The number of hydrogen-bond acceptors (Lipinski definition) is 2. The van der Waals surface area contributed by atoms with Crippen LogP contribution < -0.4 is 0 Å². The van der Waals surface area contributed by atoms with Crippen molar-refractivity contribution in [3.8, 4) is 0 Å². The number of aromatic nitrogens is 1. The Bertz CT molecular complexity index is 1090. The molecule has 2 aliphatic rings. The Labute approximate surface area is 176 Å². The highest BCUT2D eigenvalue weighted by atomic mass is 16.2. The minimum atomic E-state index is -0.0303. The molecule has 2 saturated carbocycles. The molecule has 0 bridgehead atoms. The van der Waals surface area contributed by atoms with Crippen LogP contribution in [-0.4, -0.2) is 44.8 Å². The highest BCUT2D eigenvalue weighted by Gasteiger charge is 2.38. The minimum Gasteiger partial charge on any atom is -0.353 e. The first kappa shape index (κ1) is 18.9. The Balaban J connectivity index is 1.38. The van der Waals surface area contributed by atoms with E-state index in [0.29, 0.717) is 18.2 Å². The van der Waals surface area contributed by atoms with Gasteiger partial charge in [0.15, 0.2) is 0 Å². The molecule has 2 aliphatic carbocycles. The molecule has 2 fully saturated rings. The first-order valence-electron chi connectivity index (χ1n) is 10.8. The van der Waals surface area contributed by atoms with Gasteiger partial charge in [0, 0.05) is 36.6 Å². The van der Waals surface area contributed by atoms with Crippen LogP contribution >= 0.6 is 0 Å². The number of rotatable bonds is 7. The third-order valence-corrected chi connectivity index (χ3v) is 6.27. The lowest BCUT2D eigenvalue weighted by Gasteiger charge is -2.28. The minimum absolute atomic E-state index is 0.0303. The lowest BCUT2D eigenvalue weighted by molar-refractivity contribution is -0.133. The van der Waals surface area contributed by atoms with Gasteiger partial charge in [0.2, 0.25) is 5.91 Å². The molecule has 2 amide bonds. The summed E-state index contributed by atoms with van der Waals surface area (Å²) in [5, 5.41) is 2.00. The van der Waals surface area contributed by atoms with Crippen LogP contribution in [-0.2, 0) is 18.4 Å². The summed E-state index contributed by atoms with van der Waals surface area (Å²) in [6.45, 7) is 0.765. The van der Waals surface area contributed by atoms with E-state index in [1.807, 2.05) is 71.6 Å². The smallest absolute Gasteiger partial charge is 0.255 e. The maximum Gasteiger partial charge on any atom is 0.255 e. The van der Waals surface area contributed by atoms with Gasteiger partial charge in [-0.2, -0.15) is 0 Å². The molecule has 30 heavy (non-hydrogen) atoms. The Kier molecular flexibility index (Phi) is 4.81. The Morgan fingerprint density at radius 2 is 1.60 bits per heavy atom. The Hall–Kier alpha value is -3.08. The van der Waals surface area contributed by atoms with E-state index >= 15 is 0 Å². The van der Waals surface area contributed by atoms with E-state index in [1.165, 1.54) is 0 Å². The van der Waals surface area contributed by atoms with E-state index < -0.39 is 0 Å². The zero-order valence-electron chi connectivity index (χ0n) is 17.3. The number of carbonyl (C=O) groups is 2. The van der Waals surface area contributed by atoms with Crippen LogP contribution in [0.1, 0.15) is 41.7 Å². The van der Waals surface area contributed by atoms with Gasteiger partial charge in [-0.05, 0) is 54.7 Å². The van der Waals surface area contributed by atoms with Crippen LogP contribution in [0, 0.1) is 0 Å². The molecule has 0 saturated heterocycles. The average molecular weight is 402 g/mol. The molecule has 0 unspecified atom stereocenters. The summed E-state index contributed by atoms with van der Waals surface area (Å²) in [4.78, 5) is 30.6. The molecule has 5 nitrogen and oxygen atoms in total. The molecule has 3 aromatic rings. The highest BCUT2D eigenvalue weighted by Crippen LogP contribution is 2.32. The number of fused-ring (bicyclic) bond motifs is 1. The van der Waals surface area contributed by atoms with Crippen LogP contribution in [0.25, 0.3) is 10.8 Å². The monoisotopic (exact) mass is 401 g/mol. The molecule has 0 atom stereocenters. The standard InChI is InChI=1S/C25H27N3O2/c1-26-15-5-8-21(26)16-27(19-11-12-19)24(29)17-28(20-13-14-20)25(30)23-10-4-7-18-6-2-3-9-22(18)23/h2-10,15,19-20H,11-14,16-17H2,1H3. The summed E-state index contributed by atoms with van der Waals surface area (Å²) < 4.78 is 2.06. The van der Waals surface area contributed by atoms with Gasteiger partial charge >= 0.3 is 0 Å². The number of nitrogens with zero attached hydrogens (tertiary/aromatic N) is 3. The molecule has 5 heteroatoms. The fourth-order valence-corrected chi connectivity index (χ4v) is 4.20. The first-order chi connectivity index (χ1) is 14.6. The summed E-state index contributed by atoms with van der Waals surface area (Å²) in [5.74, 6) is 0.0245. The summed E-state index contributed by atoms with van der Waals surface area (Å²) in [5.41, 5.74) is 1.81. The van der Waals surface area contributed by atoms with E-state index in [4.69, 9.17) is 0 Å². The molecule has 2 aromatic carbocycles. The zero-order chi connectivity index (χ0) is 20.7. The predicted molar refractivity (Wildman–Crippen MR) is 117 cm³/mol. The van der Waals surface area contributed by atoms with Gasteiger partial charge in [-0.25, -0.2) is 0 Å². The van der Waals surface area contributed by atoms with Gasteiger partial charge in [0.05, 0.1) is 6.54 Å². The molecule has 5 rings (SSSR count). The van der Waals surface area contributed by atoms with Gasteiger partial charge < -0.3 is 14.4 Å². The number of carbonyl (C=O) groups excluding carboxylic acids is 2. The number of aryl methyl sites for hydroxylation is 1. The van der Waals surface area contributed by atoms with E-state index in [0.717, 1.165) is 42.1 Å². The van der Waals surface area contributed by atoms with Crippen LogP contribution in [0.15, 0.2) is 60.8 Å². The van der Waals surface area contributed by atoms with Gasteiger partial charge in [-0.3, -0.25) is 9.59 Å². The van der Waals surface area contributed by atoms with Gasteiger partial charge in [-0.15, -0.1) is 0 Å². The van der Waals surface area contributed by atoms with Crippen LogP contribution in [0.4, 0.5) is 0 Å². The summed E-state index contributed by atoms with van der Waals surface area (Å²) in [7, 11) is 2.01. The van der Waals surface area contributed by atoms with Crippen molar-refractivity contribution in [3.05, 3.63) is 72.1 Å². The van der Waals surface area contributed by atoms with Crippen molar-refractivity contribution in [1.82, 2.24) is 14.4 Å². The molecular formula is C25H27N3O2. The molecule has 1 heterocycles. The quantitative estimate of drug-likeness (QED) is 0.601. The summed E-state index contributed by atoms with van der Waals surface area (Å²) >= 11 is 0.